The molecule has 2 aromatic carbocycles. The van der Waals surface area contributed by atoms with Crippen LogP contribution in [-0.4, -0.2) is 49.9 Å². The Morgan fingerprint density at radius 1 is 1.00 bits per heavy atom. The molecular weight excluding hydrogens is 368 g/mol. The number of thioether (sulfide) groups is 1. The Morgan fingerprint density at radius 3 is 2.30 bits per heavy atom. The van der Waals surface area contributed by atoms with Gasteiger partial charge in [-0.2, -0.15) is 0 Å². The van der Waals surface area contributed by atoms with E-state index in [-0.39, 0.29) is 11.5 Å². The molecule has 3 aromatic rings. The van der Waals surface area contributed by atoms with Crippen LogP contribution < -0.4 is 18.9 Å². The van der Waals surface area contributed by atoms with Gasteiger partial charge < -0.3 is 23.9 Å². The second kappa shape index (κ2) is 8.22. The van der Waals surface area contributed by atoms with Crippen molar-refractivity contribution in [3.8, 4) is 23.0 Å². The predicted octanol–water partition coefficient (Wildman–Crippen LogP) is 3.57. The van der Waals surface area contributed by atoms with Crippen molar-refractivity contribution in [3.05, 3.63) is 35.9 Å². The number of benzene rings is 2. The fourth-order valence-electron chi connectivity index (χ4n) is 2.62. The first kappa shape index (κ1) is 18.9. The molecule has 0 spiro atoms. The maximum atomic E-state index is 12.6. The number of ketones is 1. The van der Waals surface area contributed by atoms with Crippen molar-refractivity contribution in [1.82, 2.24) is 9.97 Å². The maximum absolute atomic E-state index is 12.6. The Balaban J connectivity index is 1.77. The molecule has 1 aromatic heterocycles. The zero-order valence-corrected chi connectivity index (χ0v) is 16.3. The predicted molar refractivity (Wildman–Crippen MR) is 104 cm³/mol. The van der Waals surface area contributed by atoms with Crippen molar-refractivity contribution >= 4 is 28.6 Å². The highest BCUT2D eigenvalue weighted by Gasteiger charge is 2.17. The van der Waals surface area contributed by atoms with E-state index in [1.807, 2.05) is 18.2 Å². The molecule has 0 unspecified atom stereocenters. The maximum Gasteiger partial charge on any atom is 0.203 e. The van der Waals surface area contributed by atoms with E-state index < -0.39 is 0 Å². The molecule has 27 heavy (non-hydrogen) atoms. The van der Waals surface area contributed by atoms with Gasteiger partial charge in [0.2, 0.25) is 5.75 Å². The largest absolute Gasteiger partial charge is 0.497 e. The number of aromatic nitrogens is 2. The second-order valence-corrected chi connectivity index (χ2v) is 6.51. The average Bonchev–Trinajstić information content (AvgIpc) is 3.12. The van der Waals surface area contributed by atoms with Crippen molar-refractivity contribution in [1.29, 1.82) is 0 Å². The molecule has 3 rings (SSSR count). The number of carbonyl (C=O) groups is 1. The summed E-state index contributed by atoms with van der Waals surface area (Å²) >= 11 is 1.33. The molecule has 1 heterocycles. The summed E-state index contributed by atoms with van der Waals surface area (Å²) in [4.78, 5) is 20.3. The molecule has 0 amide bonds. The number of Topliss-reactive ketones (excluding diaryl/α,β-unsaturated/α-hetero) is 1. The third kappa shape index (κ3) is 3.95. The van der Waals surface area contributed by atoms with Gasteiger partial charge in [-0.3, -0.25) is 4.79 Å². The van der Waals surface area contributed by atoms with E-state index in [0.717, 1.165) is 16.8 Å². The molecule has 8 heteroatoms. The quantitative estimate of drug-likeness (QED) is 0.466. The molecule has 142 valence electrons. The minimum Gasteiger partial charge on any atom is -0.497 e. The number of H-pyrrole nitrogens is 1. The summed E-state index contributed by atoms with van der Waals surface area (Å²) in [5.41, 5.74) is 2.16. The Kier molecular flexibility index (Phi) is 5.75. The smallest absolute Gasteiger partial charge is 0.203 e. The van der Waals surface area contributed by atoms with Gasteiger partial charge in [0.15, 0.2) is 22.4 Å². The lowest BCUT2D eigenvalue weighted by molar-refractivity contribution is 0.102. The third-order valence-corrected chi connectivity index (χ3v) is 4.87. The van der Waals surface area contributed by atoms with Crippen LogP contribution in [0.3, 0.4) is 0 Å². The number of hydrogen-bond donors (Lipinski definition) is 1. The summed E-state index contributed by atoms with van der Waals surface area (Å²) in [6, 6.07) is 8.88. The number of nitrogens with zero attached hydrogens (tertiary/aromatic N) is 1. The molecule has 0 saturated carbocycles. The van der Waals surface area contributed by atoms with Crippen LogP contribution in [0.4, 0.5) is 0 Å². The summed E-state index contributed by atoms with van der Waals surface area (Å²) in [7, 11) is 6.17. The highest BCUT2D eigenvalue weighted by molar-refractivity contribution is 7.99. The highest BCUT2D eigenvalue weighted by Crippen LogP contribution is 2.38. The number of carbonyl (C=O) groups excluding carboxylic acids is 1. The molecule has 0 bridgehead atoms. The fourth-order valence-corrected chi connectivity index (χ4v) is 3.40. The standard InChI is InChI=1S/C19H20N2O5S/c1-23-12-5-6-13-14(9-12)21-19(20-13)27-10-15(22)11-7-16(24-2)18(26-4)17(8-11)25-3/h5-9H,10H2,1-4H3,(H,20,21). The van der Waals surface area contributed by atoms with Crippen molar-refractivity contribution in [3.63, 3.8) is 0 Å². The number of imidazole rings is 1. The van der Waals surface area contributed by atoms with Crippen LogP contribution >= 0.6 is 11.8 Å². The second-order valence-electron chi connectivity index (χ2n) is 5.55. The van der Waals surface area contributed by atoms with Crippen LogP contribution in [0.1, 0.15) is 10.4 Å². The number of hydrogen-bond acceptors (Lipinski definition) is 7. The molecule has 0 aliphatic heterocycles. The zero-order valence-electron chi connectivity index (χ0n) is 15.5. The summed E-state index contributed by atoms with van der Waals surface area (Å²) in [6.07, 6.45) is 0. The summed E-state index contributed by atoms with van der Waals surface area (Å²) in [5, 5.41) is 0.666. The topological polar surface area (TPSA) is 82.7 Å². The first-order chi connectivity index (χ1) is 13.1. The minimum absolute atomic E-state index is 0.0720. The van der Waals surface area contributed by atoms with Gasteiger partial charge in [0, 0.05) is 11.6 Å². The van der Waals surface area contributed by atoms with Crippen molar-refractivity contribution in [2.45, 2.75) is 5.16 Å². The highest BCUT2D eigenvalue weighted by atomic mass is 32.2. The van der Waals surface area contributed by atoms with Crippen molar-refractivity contribution in [2.75, 3.05) is 34.2 Å². The third-order valence-electron chi connectivity index (χ3n) is 3.99. The van der Waals surface area contributed by atoms with Gasteiger partial charge in [-0.05, 0) is 24.3 Å². The number of methoxy groups -OCH3 is 4. The van der Waals surface area contributed by atoms with E-state index in [2.05, 4.69) is 9.97 Å². The molecular formula is C19H20N2O5S. The molecule has 0 atom stereocenters. The summed E-state index contributed by atoms with van der Waals surface area (Å²) in [5.74, 6) is 2.24. The van der Waals surface area contributed by atoms with E-state index in [9.17, 15) is 4.79 Å². The van der Waals surface area contributed by atoms with Crippen LogP contribution in [-0.2, 0) is 0 Å². The monoisotopic (exact) mass is 388 g/mol. The van der Waals surface area contributed by atoms with Gasteiger partial charge in [-0.15, -0.1) is 0 Å². The Morgan fingerprint density at radius 2 is 1.70 bits per heavy atom. The molecule has 0 radical (unpaired) electrons. The molecule has 1 N–H and O–H groups in total. The Labute approximate surface area is 161 Å². The number of fused-ring (bicyclic) bond motifs is 1. The van der Waals surface area contributed by atoms with E-state index in [1.165, 1.54) is 33.1 Å². The molecule has 0 fully saturated rings. The fraction of sp³-hybridized carbons (Fsp3) is 0.263. The Bertz CT molecular complexity index is 945. The first-order valence-corrected chi connectivity index (χ1v) is 9.08. The lowest BCUT2D eigenvalue weighted by atomic mass is 10.1. The number of rotatable bonds is 8. The van der Waals surface area contributed by atoms with E-state index in [0.29, 0.717) is 28.0 Å². The Hall–Kier alpha value is -2.87. The molecule has 0 aliphatic rings. The SMILES string of the molecule is COc1ccc2nc(SCC(=O)c3cc(OC)c(OC)c(OC)c3)[nH]c2c1. The van der Waals surface area contributed by atoms with Crippen LogP contribution in [0.15, 0.2) is 35.5 Å². The van der Waals surface area contributed by atoms with Crippen LogP contribution in [0.5, 0.6) is 23.0 Å². The molecule has 7 nitrogen and oxygen atoms in total. The van der Waals surface area contributed by atoms with Gasteiger partial charge >= 0.3 is 0 Å². The number of ether oxygens (including phenoxy) is 4. The van der Waals surface area contributed by atoms with Gasteiger partial charge in [0.1, 0.15) is 5.75 Å². The summed E-state index contributed by atoms with van der Waals surface area (Å²) < 4.78 is 21.1. The van der Waals surface area contributed by atoms with Gasteiger partial charge in [-0.1, -0.05) is 11.8 Å². The van der Waals surface area contributed by atoms with Crippen molar-refractivity contribution in [2.24, 2.45) is 0 Å². The molecule has 0 saturated heterocycles. The summed E-state index contributed by atoms with van der Waals surface area (Å²) in [6.45, 7) is 0. The zero-order chi connectivity index (χ0) is 19.4. The van der Waals surface area contributed by atoms with Gasteiger partial charge in [0.25, 0.3) is 0 Å². The normalized spacial score (nSPS) is 10.7. The van der Waals surface area contributed by atoms with E-state index in [1.54, 1.807) is 19.2 Å². The lowest BCUT2D eigenvalue weighted by Crippen LogP contribution is -2.05. The first-order valence-electron chi connectivity index (χ1n) is 8.09. The van der Waals surface area contributed by atoms with Crippen molar-refractivity contribution < 1.29 is 23.7 Å². The average molecular weight is 388 g/mol. The molecule has 0 aliphatic carbocycles. The van der Waals surface area contributed by atoms with Crippen LogP contribution in [0.25, 0.3) is 11.0 Å². The minimum atomic E-state index is -0.0720. The van der Waals surface area contributed by atoms with E-state index >= 15 is 0 Å². The van der Waals surface area contributed by atoms with Crippen LogP contribution in [0.2, 0.25) is 0 Å². The van der Waals surface area contributed by atoms with Gasteiger partial charge in [0.05, 0.1) is 45.2 Å². The number of nitrogens with one attached hydrogen (secondary N) is 1. The van der Waals surface area contributed by atoms with Crippen LogP contribution in [0, 0.1) is 0 Å². The number of aromatic amines is 1. The van der Waals surface area contributed by atoms with Gasteiger partial charge in [-0.25, -0.2) is 4.98 Å². The lowest BCUT2D eigenvalue weighted by Gasteiger charge is -2.13. The van der Waals surface area contributed by atoms with E-state index in [4.69, 9.17) is 18.9 Å².